The summed E-state index contributed by atoms with van der Waals surface area (Å²) in [6, 6.07) is 48.7. The number of carbonyl (C=O) groups excluding carboxylic acids is 1. The van der Waals surface area contributed by atoms with E-state index in [1.165, 1.54) is 6.07 Å². The maximum absolute atomic E-state index is 14.9. The summed E-state index contributed by atoms with van der Waals surface area (Å²) in [7, 11) is 0. The van der Waals surface area contributed by atoms with E-state index in [2.05, 4.69) is 137 Å². The van der Waals surface area contributed by atoms with Crippen molar-refractivity contribution in [3.05, 3.63) is 234 Å². The normalized spacial score (nSPS) is 18.5. The van der Waals surface area contributed by atoms with Gasteiger partial charge in [0.15, 0.2) is 16.8 Å². The van der Waals surface area contributed by atoms with Gasteiger partial charge < -0.3 is 63.3 Å². The molecule has 1 aromatic heterocycles. The first-order chi connectivity index (χ1) is 51.5. The molecule has 0 radical (unpaired) electrons. The fourth-order valence-corrected chi connectivity index (χ4v) is 14.7. The Bertz CT molecular complexity index is 5030. The van der Waals surface area contributed by atoms with Crippen LogP contribution in [0.4, 0.5) is 14.8 Å². The van der Waals surface area contributed by atoms with Gasteiger partial charge in [0.25, 0.3) is 0 Å². The summed E-state index contributed by atoms with van der Waals surface area (Å²) in [5, 5.41) is 64.7. The summed E-state index contributed by atoms with van der Waals surface area (Å²) in [4.78, 5) is 27.1. The summed E-state index contributed by atoms with van der Waals surface area (Å²) in [5.41, 5.74) is 11.9. The Morgan fingerprint density at radius 2 is 1.27 bits per heavy atom. The van der Waals surface area contributed by atoms with E-state index >= 15 is 0 Å². The Labute approximate surface area is 652 Å². The molecule has 0 saturated carbocycles. The Morgan fingerprint density at radius 3 is 1.90 bits per heavy atom. The number of ketones is 1. The zero-order valence-electron chi connectivity index (χ0n) is 61.7. The molecule has 5 heterocycles. The van der Waals surface area contributed by atoms with E-state index in [1.807, 2.05) is 117 Å². The molecule has 1 spiro atoms. The van der Waals surface area contributed by atoms with Crippen molar-refractivity contribution in [3.8, 4) is 50.8 Å². The molecule has 6 N–H and O–H groups in total. The molecule has 7 aromatic carbocycles. The molecular formula is C85H95F2I3N3O14+. The van der Waals surface area contributed by atoms with E-state index < -0.39 is 49.6 Å². The van der Waals surface area contributed by atoms with Crippen LogP contribution in [-0.2, 0) is 46.4 Å². The van der Waals surface area contributed by atoms with Gasteiger partial charge in [-0.1, -0.05) is 107 Å². The average molecular weight is 1800 g/mol. The number of aliphatic hydroxyl groups is 6. The Balaban J connectivity index is 0.000000182. The van der Waals surface area contributed by atoms with Crippen LogP contribution >= 0.6 is 37.2 Å². The van der Waals surface area contributed by atoms with Gasteiger partial charge in [0.2, 0.25) is 17.0 Å². The monoisotopic (exact) mass is 1800 g/mol. The van der Waals surface area contributed by atoms with Crippen LogP contribution in [0.2, 0.25) is 0 Å². The van der Waals surface area contributed by atoms with Gasteiger partial charge in [0.05, 0.1) is 55.3 Å². The molecule has 1 saturated heterocycles. The van der Waals surface area contributed by atoms with Crippen molar-refractivity contribution >= 4 is 83.3 Å². The van der Waals surface area contributed by atoms with Crippen LogP contribution in [0.5, 0.6) is 17.2 Å². The molecule has 107 heavy (non-hydrogen) atoms. The molecule has 7 atom stereocenters. The second kappa shape index (κ2) is 38.3. The first-order valence-electron chi connectivity index (χ1n) is 36.3. The molecular weight excluding hydrogens is 1710 g/mol. The maximum atomic E-state index is 14.9. The first kappa shape index (κ1) is 83.7. The summed E-state index contributed by atoms with van der Waals surface area (Å²) in [6.45, 7) is 26.6. The Morgan fingerprint density at radius 1 is 0.664 bits per heavy atom. The third kappa shape index (κ3) is 16.7. The molecule has 568 valence electrons. The van der Waals surface area contributed by atoms with Gasteiger partial charge in [-0.05, 0) is 142 Å². The number of fused-ring (bicyclic) bond motifs is 10. The number of hydrogen-bond acceptors (Lipinski definition) is 15. The number of aliphatic hydroxyl groups excluding tert-OH is 6. The number of hydrogen-bond donors (Lipinski definition) is 6. The number of nitrogens with zero attached hydrogens (tertiary/aromatic N) is 3. The third-order valence-corrected chi connectivity index (χ3v) is 20.1. The fraction of sp³-hybridized carbons (Fsp3) is 0.341. The van der Waals surface area contributed by atoms with Crippen molar-refractivity contribution in [2.45, 2.75) is 144 Å². The minimum absolute atomic E-state index is 0. The average Bonchev–Trinajstić information content (AvgIpc) is 1.63. The second-order valence-corrected chi connectivity index (χ2v) is 41.8. The molecule has 22 heteroatoms. The molecule has 14 rings (SSSR count). The zero-order valence-corrected chi connectivity index (χ0v) is 68.1. The van der Waals surface area contributed by atoms with Crippen molar-refractivity contribution in [3.63, 3.8) is 0 Å². The molecule has 2 unspecified atom stereocenters. The van der Waals surface area contributed by atoms with Gasteiger partial charge in [0.1, 0.15) is 97.2 Å². The number of halogens is 5. The van der Waals surface area contributed by atoms with Crippen LogP contribution in [0.3, 0.4) is 0 Å². The van der Waals surface area contributed by atoms with Crippen LogP contribution in [0, 0.1) is 0 Å². The molecule has 8 aromatic rings. The van der Waals surface area contributed by atoms with Gasteiger partial charge in [0, 0.05) is 81.1 Å². The van der Waals surface area contributed by atoms with Crippen molar-refractivity contribution in [2.75, 3.05) is 50.8 Å². The summed E-state index contributed by atoms with van der Waals surface area (Å²) in [6.07, 6.45) is -2.25. The quantitative estimate of drug-likeness (QED) is 0.0283. The van der Waals surface area contributed by atoms with Gasteiger partial charge in [-0.15, -0.1) is 0 Å². The van der Waals surface area contributed by atoms with Gasteiger partial charge >= 0.3 is 50.5 Å². The number of alkyl halides is 1. The molecule has 4 aliphatic heterocycles. The van der Waals surface area contributed by atoms with Crippen LogP contribution in [0.1, 0.15) is 131 Å². The van der Waals surface area contributed by atoms with E-state index in [0.717, 1.165) is 152 Å². The van der Waals surface area contributed by atoms with E-state index in [-0.39, 0.29) is 52.1 Å². The number of carbonyl (C=O) groups is 1. The molecule has 1 fully saturated rings. The Hall–Kier alpha value is -7.35. The van der Waals surface area contributed by atoms with E-state index in [9.17, 15) is 44.6 Å². The van der Waals surface area contributed by atoms with E-state index in [1.54, 1.807) is 24.3 Å². The number of allylic oxidation sites excluding steroid dienone is 1. The van der Waals surface area contributed by atoms with Gasteiger partial charge in [-0.25, -0.2) is 13.5 Å². The first-order valence-corrected chi connectivity index (χ1v) is 48.8. The predicted octanol–water partition coefficient (Wildman–Crippen LogP) is 10.9. The van der Waals surface area contributed by atoms with Crippen LogP contribution in [0.15, 0.2) is 171 Å². The van der Waals surface area contributed by atoms with Gasteiger partial charge in [-0.2, -0.15) is 0 Å². The van der Waals surface area contributed by atoms with Crippen molar-refractivity contribution in [1.29, 1.82) is 0 Å². The van der Waals surface area contributed by atoms with Gasteiger partial charge in [-0.3, -0.25) is 14.3 Å². The van der Waals surface area contributed by atoms with Crippen molar-refractivity contribution in [1.82, 2.24) is 9.15 Å². The topological polar surface area (TPSA) is 228 Å². The summed E-state index contributed by atoms with van der Waals surface area (Å²) < 4.78 is 56.6. The number of benzene rings is 8. The SMILES string of the molecule is C=c1c(=O)ccc2c(-c3ccccc3CO)c3ccc(=[N+](CC)CC)cc3oc12.CC.CCCC1C(=O)C=Cc2c1oc1cc(=[N+](CC)CC)ccc-1c2-c1ccccc1CO.CCN(CC)c1ccc2c(c1)Oc1c(ccc(O[C@@H]3O[C@H](CO)[C@H](O)[C@H](O)[C@H]3O)c1CF)C21OCc2ccccc21.F.I[I-]I. The second-order valence-electron chi connectivity index (χ2n) is 25.6. The van der Waals surface area contributed by atoms with Crippen LogP contribution in [-0.4, -0.2) is 113 Å². The van der Waals surface area contributed by atoms with Crippen LogP contribution in [0.25, 0.3) is 68.2 Å². The summed E-state index contributed by atoms with van der Waals surface area (Å²) >= 11 is 5.30. The molecule has 2 aliphatic carbocycles. The molecule has 0 bridgehead atoms. The molecule has 0 amide bonds. The van der Waals surface area contributed by atoms with Crippen molar-refractivity contribution < 1.29 is 85.6 Å². The minimum atomic E-state index is -1.65. The van der Waals surface area contributed by atoms with E-state index in [4.69, 9.17) is 27.8 Å². The molecule has 6 aliphatic rings. The van der Waals surface area contributed by atoms with Crippen LogP contribution < -0.4 is 58.1 Å². The number of anilines is 1. The summed E-state index contributed by atoms with van der Waals surface area (Å²) in [5.74, 6) is 2.12. The number of rotatable bonds is 17. The predicted molar refractivity (Wildman–Crippen MR) is 432 cm³/mol. The number of ether oxygens (including phenoxy) is 4. The standard InChI is InChI=1S/C31H34FNO8.C27H30NO3.C25H24NO3.C2H6.FH.I3/c1-3-33(4-2)18-9-10-21-24(13-18)39-29-19(14-32)23(40-30-28(37)27(36)26(35)25(15-34)41-30)12-11-22(29)31(21)20-8-6-5-7-17(20)16-38-31;1-4-9-21-24(30)15-14-23-26(20-11-8-7-10-18(20)17-29)22-13-12-19(28(5-2)6-3)16-25(22)31-27(21)23;1-4-26(5-2)18-10-11-20-23(14-18)29-25-16(3)22(28)13-12-21(25)24(20)19-9-7-6-8-17(19)15-27;1-2;;1-3-2/h5-13,25-28,30,34-37H,3-4,14-16H2,1-2H3;7-8,10-16,21,29H,4-6,9,17H2,1-3H3;6-14,27H,3-5,15H2,1-2H3;1-2H3;1H;/q;2*+1;;;-1/t25-,26+,27+,28-,30-,31?;;;;;/m1...../s1. The van der Waals surface area contributed by atoms with E-state index in [0.29, 0.717) is 47.6 Å². The Kier molecular flexibility index (Phi) is 30.0. The fourth-order valence-electron chi connectivity index (χ4n) is 14.7. The third-order valence-electron chi connectivity index (χ3n) is 20.1. The zero-order chi connectivity index (χ0) is 76.1. The van der Waals surface area contributed by atoms with Crippen molar-refractivity contribution in [2.24, 2.45) is 0 Å². The molecule has 17 nitrogen and oxygen atoms in total.